The van der Waals surface area contributed by atoms with Gasteiger partial charge < -0.3 is 9.32 Å². The molecule has 3 rings (SSSR count). The van der Waals surface area contributed by atoms with Crippen LogP contribution in [-0.2, 0) is 5.41 Å². The third-order valence-corrected chi connectivity index (χ3v) is 4.74. The number of piperidine rings is 1. The first-order chi connectivity index (χ1) is 11.3. The Bertz CT molecular complexity index is 708. The summed E-state index contributed by atoms with van der Waals surface area (Å²) in [5.41, 5.74) is 0.653. The Morgan fingerprint density at radius 3 is 2.38 bits per heavy atom. The first-order valence-electron chi connectivity index (χ1n) is 8.35. The summed E-state index contributed by atoms with van der Waals surface area (Å²) in [6, 6.07) is 7.06. The third-order valence-electron chi connectivity index (χ3n) is 4.49. The van der Waals surface area contributed by atoms with E-state index in [0.29, 0.717) is 10.6 Å². The van der Waals surface area contributed by atoms with Crippen molar-refractivity contribution in [3.05, 3.63) is 52.7 Å². The second-order valence-electron chi connectivity index (χ2n) is 7.39. The molecule has 0 saturated carbocycles. The van der Waals surface area contributed by atoms with Crippen LogP contribution >= 0.6 is 11.6 Å². The number of likely N-dealkylation sites (tertiary alicyclic amines) is 1. The van der Waals surface area contributed by atoms with E-state index in [1.165, 1.54) is 0 Å². The van der Waals surface area contributed by atoms with Crippen molar-refractivity contribution in [1.82, 2.24) is 9.88 Å². The van der Waals surface area contributed by atoms with Gasteiger partial charge in [-0.1, -0.05) is 32.4 Å². The Balaban J connectivity index is 1.62. The van der Waals surface area contributed by atoms with Crippen molar-refractivity contribution in [1.29, 1.82) is 0 Å². The number of rotatable bonds is 2. The highest BCUT2D eigenvalue weighted by Gasteiger charge is 2.28. The van der Waals surface area contributed by atoms with Gasteiger partial charge in [0, 0.05) is 35.0 Å². The summed E-state index contributed by atoms with van der Waals surface area (Å²) in [6.45, 7) is 7.79. The standard InChI is InChI=1S/C19H23ClN2O2/c1-19(2,3)16-12-21-17(24-16)13-8-10-22(11-9-13)18(23)14-4-6-15(20)7-5-14/h4-7,12-13H,8-11H2,1-3H3. The molecular formula is C19H23ClN2O2. The molecule has 1 aromatic heterocycles. The van der Waals surface area contributed by atoms with Gasteiger partial charge in [-0.3, -0.25) is 4.79 Å². The Hall–Kier alpha value is -1.81. The lowest BCUT2D eigenvalue weighted by Crippen LogP contribution is -2.37. The highest BCUT2D eigenvalue weighted by atomic mass is 35.5. The Morgan fingerprint density at radius 2 is 1.83 bits per heavy atom. The molecule has 4 nitrogen and oxygen atoms in total. The number of aromatic nitrogens is 1. The van der Waals surface area contributed by atoms with E-state index in [2.05, 4.69) is 25.8 Å². The normalized spacial score (nSPS) is 16.4. The second kappa shape index (κ2) is 6.60. The van der Waals surface area contributed by atoms with Gasteiger partial charge >= 0.3 is 0 Å². The van der Waals surface area contributed by atoms with Gasteiger partial charge in [-0.05, 0) is 37.1 Å². The number of carbonyl (C=O) groups is 1. The molecule has 0 bridgehead atoms. The molecule has 2 aromatic rings. The quantitative estimate of drug-likeness (QED) is 0.795. The number of carbonyl (C=O) groups excluding carboxylic acids is 1. The molecule has 1 aliphatic heterocycles. The van der Waals surface area contributed by atoms with Crippen molar-refractivity contribution in [3.63, 3.8) is 0 Å². The topological polar surface area (TPSA) is 46.3 Å². The number of hydrogen-bond acceptors (Lipinski definition) is 3. The fourth-order valence-corrected chi connectivity index (χ4v) is 3.05. The zero-order valence-electron chi connectivity index (χ0n) is 14.4. The van der Waals surface area contributed by atoms with Gasteiger partial charge in [-0.15, -0.1) is 0 Å². The van der Waals surface area contributed by atoms with Crippen molar-refractivity contribution >= 4 is 17.5 Å². The monoisotopic (exact) mass is 346 g/mol. The molecule has 1 aromatic carbocycles. The van der Waals surface area contributed by atoms with Gasteiger partial charge in [0.1, 0.15) is 5.76 Å². The highest BCUT2D eigenvalue weighted by Crippen LogP contribution is 2.31. The van der Waals surface area contributed by atoms with Crippen LogP contribution in [0.15, 0.2) is 34.9 Å². The predicted molar refractivity (Wildman–Crippen MR) is 94.5 cm³/mol. The Morgan fingerprint density at radius 1 is 1.21 bits per heavy atom. The maximum Gasteiger partial charge on any atom is 0.253 e. The number of halogens is 1. The van der Waals surface area contributed by atoms with Crippen LogP contribution in [0.1, 0.15) is 61.5 Å². The maximum atomic E-state index is 12.5. The molecule has 128 valence electrons. The molecule has 5 heteroatoms. The summed E-state index contributed by atoms with van der Waals surface area (Å²) in [5, 5.41) is 0.642. The summed E-state index contributed by atoms with van der Waals surface area (Å²) in [7, 11) is 0. The largest absolute Gasteiger partial charge is 0.445 e. The number of amides is 1. The van der Waals surface area contributed by atoms with E-state index in [-0.39, 0.29) is 17.2 Å². The fourth-order valence-electron chi connectivity index (χ4n) is 2.93. The van der Waals surface area contributed by atoms with E-state index in [9.17, 15) is 4.79 Å². The smallest absolute Gasteiger partial charge is 0.253 e. The third kappa shape index (κ3) is 3.64. The molecule has 0 spiro atoms. The minimum absolute atomic E-state index is 0.0312. The zero-order chi connectivity index (χ0) is 17.3. The van der Waals surface area contributed by atoms with E-state index in [1.807, 2.05) is 11.1 Å². The van der Waals surface area contributed by atoms with E-state index in [4.69, 9.17) is 16.0 Å². The first kappa shape index (κ1) is 17.0. The summed E-state index contributed by atoms with van der Waals surface area (Å²) < 4.78 is 5.95. The van der Waals surface area contributed by atoms with Crippen molar-refractivity contribution in [2.24, 2.45) is 0 Å². The Labute approximate surface area is 147 Å². The lowest BCUT2D eigenvalue weighted by atomic mass is 9.94. The fraction of sp³-hybridized carbons (Fsp3) is 0.474. The minimum Gasteiger partial charge on any atom is -0.445 e. The minimum atomic E-state index is -0.0312. The number of nitrogens with zero attached hydrogens (tertiary/aromatic N) is 2. The van der Waals surface area contributed by atoms with E-state index in [0.717, 1.165) is 37.6 Å². The molecule has 24 heavy (non-hydrogen) atoms. The molecule has 0 atom stereocenters. The first-order valence-corrected chi connectivity index (χ1v) is 8.73. The van der Waals surface area contributed by atoms with E-state index >= 15 is 0 Å². The van der Waals surface area contributed by atoms with Gasteiger partial charge in [0.2, 0.25) is 0 Å². The molecule has 0 N–H and O–H groups in total. The number of oxazole rings is 1. The molecule has 1 saturated heterocycles. The Kier molecular flexibility index (Phi) is 4.68. The summed E-state index contributed by atoms with van der Waals surface area (Å²) >= 11 is 5.88. The summed E-state index contributed by atoms with van der Waals surface area (Å²) in [5.74, 6) is 2.07. The van der Waals surface area contributed by atoms with Gasteiger partial charge in [0.25, 0.3) is 5.91 Å². The van der Waals surface area contributed by atoms with Crippen LogP contribution < -0.4 is 0 Å². The van der Waals surface area contributed by atoms with Gasteiger partial charge in [0.05, 0.1) is 6.20 Å². The second-order valence-corrected chi connectivity index (χ2v) is 7.82. The molecular weight excluding hydrogens is 324 g/mol. The summed E-state index contributed by atoms with van der Waals surface area (Å²) in [4.78, 5) is 18.9. The van der Waals surface area contributed by atoms with Crippen LogP contribution in [0.3, 0.4) is 0 Å². The van der Waals surface area contributed by atoms with Gasteiger partial charge in [0.15, 0.2) is 5.89 Å². The lowest BCUT2D eigenvalue weighted by molar-refractivity contribution is 0.0705. The predicted octanol–water partition coefficient (Wildman–Crippen LogP) is 4.65. The van der Waals surface area contributed by atoms with Gasteiger partial charge in [-0.25, -0.2) is 4.98 Å². The van der Waals surface area contributed by atoms with Crippen LogP contribution in [0.2, 0.25) is 5.02 Å². The SMILES string of the molecule is CC(C)(C)c1cnc(C2CCN(C(=O)c3ccc(Cl)cc3)CC2)o1. The van der Waals surface area contributed by atoms with E-state index < -0.39 is 0 Å². The van der Waals surface area contributed by atoms with Crippen molar-refractivity contribution in [3.8, 4) is 0 Å². The molecule has 0 unspecified atom stereocenters. The highest BCUT2D eigenvalue weighted by molar-refractivity contribution is 6.30. The molecule has 1 fully saturated rings. The van der Waals surface area contributed by atoms with Crippen molar-refractivity contribution < 1.29 is 9.21 Å². The van der Waals surface area contributed by atoms with Crippen molar-refractivity contribution in [2.75, 3.05) is 13.1 Å². The van der Waals surface area contributed by atoms with Crippen LogP contribution in [0.5, 0.6) is 0 Å². The number of benzene rings is 1. The lowest BCUT2D eigenvalue weighted by Gasteiger charge is -2.30. The van der Waals surface area contributed by atoms with E-state index in [1.54, 1.807) is 24.3 Å². The zero-order valence-corrected chi connectivity index (χ0v) is 15.1. The van der Waals surface area contributed by atoms with Crippen LogP contribution in [0.4, 0.5) is 0 Å². The van der Waals surface area contributed by atoms with Crippen LogP contribution in [0.25, 0.3) is 0 Å². The van der Waals surface area contributed by atoms with Crippen LogP contribution in [-0.4, -0.2) is 28.9 Å². The van der Waals surface area contributed by atoms with Crippen molar-refractivity contribution in [2.45, 2.75) is 44.9 Å². The molecule has 0 aliphatic carbocycles. The maximum absolute atomic E-state index is 12.5. The average molecular weight is 347 g/mol. The average Bonchev–Trinajstić information content (AvgIpc) is 3.05. The molecule has 1 amide bonds. The van der Waals surface area contributed by atoms with Crippen LogP contribution in [0, 0.1) is 0 Å². The molecule has 2 heterocycles. The molecule has 1 aliphatic rings. The molecule has 0 radical (unpaired) electrons. The van der Waals surface area contributed by atoms with Gasteiger partial charge in [-0.2, -0.15) is 0 Å². The summed E-state index contributed by atoms with van der Waals surface area (Å²) in [6.07, 6.45) is 3.59. The number of hydrogen-bond donors (Lipinski definition) is 0.